The lowest BCUT2D eigenvalue weighted by Gasteiger charge is -2.12. The number of para-hydroxylation sites is 1. The van der Waals surface area contributed by atoms with Crippen LogP contribution in [0.15, 0.2) is 83.3 Å². The van der Waals surface area contributed by atoms with Crippen molar-refractivity contribution < 1.29 is 9.15 Å². The van der Waals surface area contributed by atoms with Crippen LogP contribution in [0.5, 0.6) is 5.88 Å². The van der Waals surface area contributed by atoms with E-state index in [0.29, 0.717) is 29.5 Å². The molecule has 0 atom stereocenters. The Hall–Kier alpha value is -4.10. The minimum atomic E-state index is 0.320. The smallest absolute Gasteiger partial charge is 0.232 e. The van der Waals surface area contributed by atoms with Crippen molar-refractivity contribution in [1.29, 1.82) is 5.26 Å². The number of aromatic nitrogens is 1. The molecule has 0 saturated heterocycles. The predicted octanol–water partition coefficient (Wildman–Crippen LogP) is 6.59. The molecule has 0 aliphatic rings. The molecule has 0 aliphatic heterocycles. The van der Waals surface area contributed by atoms with E-state index in [-0.39, 0.29) is 0 Å². The third-order valence-electron chi connectivity index (χ3n) is 5.12. The highest BCUT2D eigenvalue weighted by Crippen LogP contribution is 2.36. The first-order valence-corrected chi connectivity index (χ1v) is 9.83. The minimum Gasteiger partial charge on any atom is -0.477 e. The molecule has 5 rings (SSSR count). The zero-order valence-electron chi connectivity index (χ0n) is 16.4. The van der Waals surface area contributed by atoms with Gasteiger partial charge in [0.05, 0.1) is 6.61 Å². The molecular weight excluding hydrogens is 372 g/mol. The van der Waals surface area contributed by atoms with Gasteiger partial charge >= 0.3 is 0 Å². The van der Waals surface area contributed by atoms with E-state index in [9.17, 15) is 5.26 Å². The fraction of sp³-hybridized carbons (Fsp3) is 0.0769. The Balaban J connectivity index is 1.74. The molecule has 4 heteroatoms. The van der Waals surface area contributed by atoms with Gasteiger partial charge in [0.2, 0.25) is 5.88 Å². The van der Waals surface area contributed by atoms with Crippen LogP contribution in [0.4, 0.5) is 0 Å². The van der Waals surface area contributed by atoms with E-state index in [4.69, 9.17) is 9.15 Å². The van der Waals surface area contributed by atoms with Crippen LogP contribution < -0.4 is 4.74 Å². The number of rotatable bonds is 4. The highest BCUT2D eigenvalue weighted by Gasteiger charge is 2.18. The lowest BCUT2D eigenvalue weighted by molar-refractivity contribution is 0.326. The Morgan fingerprint density at radius 1 is 0.900 bits per heavy atom. The lowest BCUT2D eigenvalue weighted by atomic mass is 9.97. The van der Waals surface area contributed by atoms with E-state index < -0.39 is 0 Å². The van der Waals surface area contributed by atoms with Gasteiger partial charge in [0.15, 0.2) is 5.76 Å². The predicted molar refractivity (Wildman–Crippen MR) is 118 cm³/mol. The number of hydrogen-bond acceptors (Lipinski definition) is 4. The van der Waals surface area contributed by atoms with Gasteiger partial charge in [0, 0.05) is 10.9 Å². The number of pyridine rings is 1. The van der Waals surface area contributed by atoms with Gasteiger partial charge in [-0.05, 0) is 47.5 Å². The standard InChI is InChI=1S/C26H18N2O2/c1-2-29-26-22(16-27)21(19-12-11-17-7-3-4-8-18(17)13-19)15-23(28-26)25-14-20-9-5-6-10-24(20)30-25/h3-15H,2H2,1H3. The van der Waals surface area contributed by atoms with E-state index in [1.807, 2.05) is 61.5 Å². The topological polar surface area (TPSA) is 59.1 Å². The average Bonchev–Trinajstić information content (AvgIpc) is 3.23. The fourth-order valence-corrected chi connectivity index (χ4v) is 3.69. The molecule has 4 nitrogen and oxygen atoms in total. The summed E-state index contributed by atoms with van der Waals surface area (Å²) in [5.41, 5.74) is 3.57. The van der Waals surface area contributed by atoms with Crippen LogP contribution in [0.2, 0.25) is 0 Å². The van der Waals surface area contributed by atoms with Crippen molar-refractivity contribution in [2.24, 2.45) is 0 Å². The van der Waals surface area contributed by atoms with Gasteiger partial charge in [0.25, 0.3) is 0 Å². The first kappa shape index (κ1) is 18.0. The van der Waals surface area contributed by atoms with Crippen LogP contribution in [0, 0.1) is 11.3 Å². The number of hydrogen-bond donors (Lipinski definition) is 0. The maximum absolute atomic E-state index is 9.88. The van der Waals surface area contributed by atoms with Crippen LogP contribution in [0.3, 0.4) is 0 Å². The molecule has 0 fully saturated rings. The maximum Gasteiger partial charge on any atom is 0.232 e. The van der Waals surface area contributed by atoms with Crippen molar-refractivity contribution in [2.45, 2.75) is 6.92 Å². The van der Waals surface area contributed by atoms with Crippen LogP contribution in [-0.2, 0) is 0 Å². The second kappa shape index (κ2) is 7.38. The molecule has 0 saturated carbocycles. The van der Waals surface area contributed by atoms with Crippen molar-refractivity contribution in [3.8, 4) is 34.5 Å². The zero-order valence-corrected chi connectivity index (χ0v) is 16.4. The lowest BCUT2D eigenvalue weighted by Crippen LogP contribution is -2.01. The average molecular weight is 390 g/mol. The first-order chi connectivity index (χ1) is 14.8. The molecule has 3 aromatic carbocycles. The van der Waals surface area contributed by atoms with E-state index in [1.165, 1.54) is 0 Å². The van der Waals surface area contributed by atoms with E-state index >= 15 is 0 Å². The molecule has 0 radical (unpaired) electrons. The summed E-state index contributed by atoms with van der Waals surface area (Å²) in [7, 11) is 0. The second-order valence-corrected chi connectivity index (χ2v) is 6.99. The van der Waals surface area contributed by atoms with Crippen LogP contribution in [0.25, 0.3) is 44.3 Å². The quantitative estimate of drug-likeness (QED) is 0.347. The van der Waals surface area contributed by atoms with Crippen LogP contribution >= 0.6 is 0 Å². The number of ether oxygens (including phenoxy) is 1. The van der Waals surface area contributed by atoms with Gasteiger partial charge in [-0.15, -0.1) is 0 Å². The molecule has 0 spiro atoms. The maximum atomic E-state index is 9.88. The highest BCUT2D eigenvalue weighted by atomic mass is 16.5. The third-order valence-corrected chi connectivity index (χ3v) is 5.12. The minimum absolute atomic E-state index is 0.320. The van der Waals surface area contributed by atoms with Crippen LogP contribution in [-0.4, -0.2) is 11.6 Å². The SMILES string of the molecule is CCOc1nc(-c2cc3ccccc3o2)cc(-c2ccc3ccccc3c2)c1C#N. The number of nitrogens with zero attached hydrogens (tertiary/aromatic N) is 2. The van der Waals surface area contributed by atoms with Crippen molar-refractivity contribution >= 4 is 21.7 Å². The van der Waals surface area contributed by atoms with Gasteiger partial charge in [-0.3, -0.25) is 0 Å². The fourth-order valence-electron chi connectivity index (χ4n) is 3.69. The van der Waals surface area contributed by atoms with Crippen molar-refractivity contribution in [3.63, 3.8) is 0 Å². The summed E-state index contributed by atoms with van der Waals surface area (Å²) in [5, 5.41) is 13.1. The summed E-state index contributed by atoms with van der Waals surface area (Å²) in [5.74, 6) is 0.963. The Morgan fingerprint density at radius 2 is 1.67 bits per heavy atom. The van der Waals surface area contributed by atoms with Gasteiger partial charge < -0.3 is 9.15 Å². The third kappa shape index (κ3) is 3.07. The Morgan fingerprint density at radius 3 is 2.43 bits per heavy atom. The molecule has 30 heavy (non-hydrogen) atoms. The molecule has 0 N–H and O–H groups in total. The summed E-state index contributed by atoms with van der Waals surface area (Å²) >= 11 is 0. The van der Waals surface area contributed by atoms with Crippen LogP contribution in [0.1, 0.15) is 12.5 Å². The van der Waals surface area contributed by atoms with Gasteiger partial charge in [0.1, 0.15) is 22.9 Å². The van der Waals surface area contributed by atoms with Crippen molar-refractivity contribution in [2.75, 3.05) is 6.61 Å². The number of fused-ring (bicyclic) bond motifs is 2. The number of benzene rings is 3. The van der Waals surface area contributed by atoms with Crippen molar-refractivity contribution in [1.82, 2.24) is 4.98 Å². The largest absolute Gasteiger partial charge is 0.477 e. The monoisotopic (exact) mass is 390 g/mol. The molecule has 0 unspecified atom stereocenters. The molecule has 2 heterocycles. The highest BCUT2D eigenvalue weighted by molar-refractivity contribution is 5.90. The Labute approximate surface area is 174 Å². The summed E-state index contributed by atoms with van der Waals surface area (Å²) in [6.07, 6.45) is 0. The summed E-state index contributed by atoms with van der Waals surface area (Å²) in [4.78, 5) is 4.61. The molecule has 0 bridgehead atoms. The molecule has 5 aromatic rings. The molecular formula is C26H18N2O2. The second-order valence-electron chi connectivity index (χ2n) is 6.99. The van der Waals surface area contributed by atoms with Crippen molar-refractivity contribution in [3.05, 3.63) is 84.4 Å². The van der Waals surface area contributed by atoms with Gasteiger partial charge in [-0.2, -0.15) is 5.26 Å². The van der Waals surface area contributed by atoms with E-state index in [0.717, 1.165) is 32.9 Å². The van der Waals surface area contributed by atoms with Gasteiger partial charge in [-0.25, -0.2) is 4.98 Å². The van der Waals surface area contributed by atoms with E-state index in [2.05, 4.69) is 35.3 Å². The zero-order chi connectivity index (χ0) is 20.5. The first-order valence-electron chi connectivity index (χ1n) is 9.83. The Kier molecular flexibility index (Phi) is 4.42. The molecule has 0 aliphatic carbocycles. The molecule has 2 aromatic heterocycles. The normalized spacial score (nSPS) is 10.9. The summed E-state index contributed by atoms with van der Waals surface area (Å²) in [6, 6.07) is 28.3. The summed E-state index contributed by atoms with van der Waals surface area (Å²) in [6.45, 7) is 2.30. The van der Waals surface area contributed by atoms with Gasteiger partial charge in [-0.1, -0.05) is 54.6 Å². The van der Waals surface area contributed by atoms with E-state index in [1.54, 1.807) is 0 Å². The molecule has 0 amide bonds. The number of nitriles is 1. The Bertz CT molecular complexity index is 1390. The summed E-state index contributed by atoms with van der Waals surface area (Å²) < 4.78 is 11.8. The number of furan rings is 1. The molecule has 144 valence electrons.